The lowest BCUT2D eigenvalue weighted by Gasteiger charge is -2.20. The van der Waals surface area contributed by atoms with E-state index in [1.807, 2.05) is 54.6 Å². The number of hydrogen-bond donors (Lipinski definition) is 1. The van der Waals surface area contributed by atoms with Crippen LogP contribution in [-0.4, -0.2) is 15.5 Å². The van der Waals surface area contributed by atoms with Gasteiger partial charge in [-0.3, -0.25) is 4.79 Å². The van der Waals surface area contributed by atoms with Crippen molar-refractivity contribution >= 4 is 16.9 Å². The highest BCUT2D eigenvalue weighted by Gasteiger charge is 2.22. The molecular weight excluding hydrogens is 365 g/mol. The molecule has 3 aromatic carbocycles. The molecule has 0 radical (unpaired) electrons. The number of fused-ring (bicyclic) bond motifs is 1. The SMILES string of the molecule is CCn1c([C@@H](Cc2ccccc2)NC(=O)c2ccc(F)cc2)nc2ccccc21. The number of hydrogen-bond acceptors (Lipinski definition) is 2. The van der Waals surface area contributed by atoms with Crippen molar-refractivity contribution in [3.05, 3.63) is 102 Å². The molecule has 146 valence electrons. The number of benzene rings is 3. The zero-order valence-electron chi connectivity index (χ0n) is 16.2. The summed E-state index contributed by atoms with van der Waals surface area (Å²) in [7, 11) is 0. The lowest BCUT2D eigenvalue weighted by molar-refractivity contribution is 0.0934. The summed E-state index contributed by atoms with van der Waals surface area (Å²) in [6, 6.07) is 23.2. The molecule has 0 aliphatic rings. The number of nitrogens with one attached hydrogen (secondary N) is 1. The molecule has 0 saturated carbocycles. The Balaban J connectivity index is 1.72. The Morgan fingerprint density at radius 1 is 1.00 bits per heavy atom. The average molecular weight is 387 g/mol. The molecule has 0 aliphatic heterocycles. The van der Waals surface area contributed by atoms with Crippen LogP contribution in [0.5, 0.6) is 0 Å². The van der Waals surface area contributed by atoms with Crippen molar-refractivity contribution in [2.24, 2.45) is 0 Å². The second kappa shape index (κ2) is 8.27. The van der Waals surface area contributed by atoms with Crippen LogP contribution < -0.4 is 5.32 Å². The van der Waals surface area contributed by atoms with Crippen molar-refractivity contribution in [3.63, 3.8) is 0 Å². The monoisotopic (exact) mass is 387 g/mol. The van der Waals surface area contributed by atoms with E-state index < -0.39 is 0 Å². The number of aryl methyl sites for hydroxylation is 1. The summed E-state index contributed by atoms with van der Waals surface area (Å²) < 4.78 is 15.4. The summed E-state index contributed by atoms with van der Waals surface area (Å²) in [5, 5.41) is 3.11. The van der Waals surface area contributed by atoms with Crippen LogP contribution in [0.3, 0.4) is 0 Å². The molecule has 1 amide bonds. The maximum absolute atomic E-state index is 13.2. The third-order valence-corrected chi connectivity index (χ3v) is 5.01. The van der Waals surface area contributed by atoms with Crippen LogP contribution in [0.15, 0.2) is 78.9 Å². The van der Waals surface area contributed by atoms with Gasteiger partial charge in [0.25, 0.3) is 5.91 Å². The average Bonchev–Trinajstić information content (AvgIpc) is 3.13. The van der Waals surface area contributed by atoms with Crippen LogP contribution in [-0.2, 0) is 13.0 Å². The fraction of sp³-hybridized carbons (Fsp3) is 0.167. The summed E-state index contributed by atoms with van der Waals surface area (Å²) in [5.74, 6) is 0.198. The molecule has 4 aromatic rings. The minimum absolute atomic E-state index is 0.249. The zero-order chi connectivity index (χ0) is 20.2. The topological polar surface area (TPSA) is 46.9 Å². The summed E-state index contributed by atoms with van der Waals surface area (Å²) in [6.45, 7) is 2.81. The number of rotatable bonds is 6. The van der Waals surface area contributed by atoms with Crippen LogP contribution in [0, 0.1) is 5.82 Å². The van der Waals surface area contributed by atoms with E-state index in [1.165, 1.54) is 24.3 Å². The standard InChI is InChI=1S/C24H22FN3O/c1-2-28-22-11-7-6-10-20(22)26-23(28)21(16-17-8-4-3-5-9-17)27-24(29)18-12-14-19(25)15-13-18/h3-15,21H,2,16H2,1H3,(H,27,29)/t21-/m1/s1. The fourth-order valence-corrected chi connectivity index (χ4v) is 3.59. The molecule has 0 bridgehead atoms. The van der Waals surface area contributed by atoms with E-state index in [9.17, 15) is 9.18 Å². The molecule has 29 heavy (non-hydrogen) atoms. The van der Waals surface area contributed by atoms with Crippen LogP contribution in [0.25, 0.3) is 11.0 Å². The lowest BCUT2D eigenvalue weighted by Crippen LogP contribution is -2.32. The molecule has 0 spiro atoms. The first-order chi connectivity index (χ1) is 14.2. The normalized spacial score (nSPS) is 12.1. The predicted molar refractivity (Wildman–Crippen MR) is 112 cm³/mol. The first-order valence-electron chi connectivity index (χ1n) is 9.71. The summed E-state index contributed by atoms with van der Waals surface area (Å²) in [4.78, 5) is 17.7. The van der Waals surface area contributed by atoms with Crippen LogP contribution >= 0.6 is 0 Å². The Hall–Kier alpha value is -3.47. The molecule has 1 aromatic heterocycles. The fourth-order valence-electron chi connectivity index (χ4n) is 3.59. The van der Waals surface area contributed by atoms with Gasteiger partial charge in [-0.25, -0.2) is 9.37 Å². The van der Waals surface area contributed by atoms with Gasteiger partial charge in [0.1, 0.15) is 11.6 Å². The number of carbonyl (C=O) groups is 1. The molecule has 4 nitrogen and oxygen atoms in total. The second-order valence-electron chi connectivity index (χ2n) is 6.93. The van der Waals surface area contributed by atoms with E-state index in [4.69, 9.17) is 4.98 Å². The van der Waals surface area contributed by atoms with Gasteiger partial charge in [0, 0.05) is 12.1 Å². The van der Waals surface area contributed by atoms with Crippen molar-refractivity contribution in [1.29, 1.82) is 0 Å². The smallest absolute Gasteiger partial charge is 0.251 e. The molecule has 5 heteroatoms. The van der Waals surface area contributed by atoms with Gasteiger partial charge in [0.15, 0.2) is 0 Å². The highest BCUT2D eigenvalue weighted by molar-refractivity contribution is 5.94. The van der Waals surface area contributed by atoms with Gasteiger partial charge in [-0.2, -0.15) is 0 Å². The van der Waals surface area contributed by atoms with Crippen molar-refractivity contribution in [1.82, 2.24) is 14.9 Å². The summed E-state index contributed by atoms with van der Waals surface area (Å²) >= 11 is 0. The van der Waals surface area contributed by atoms with E-state index in [0.29, 0.717) is 12.0 Å². The predicted octanol–water partition coefficient (Wildman–Crippen LogP) is 4.91. The van der Waals surface area contributed by atoms with E-state index in [0.717, 1.165) is 29.0 Å². The van der Waals surface area contributed by atoms with Gasteiger partial charge in [0.2, 0.25) is 0 Å². The number of halogens is 1. The van der Waals surface area contributed by atoms with Crippen molar-refractivity contribution in [3.8, 4) is 0 Å². The van der Waals surface area contributed by atoms with E-state index in [2.05, 4.69) is 16.8 Å². The molecule has 1 N–H and O–H groups in total. The van der Waals surface area contributed by atoms with Crippen molar-refractivity contribution in [2.75, 3.05) is 0 Å². The van der Waals surface area contributed by atoms with Gasteiger partial charge in [-0.15, -0.1) is 0 Å². The Morgan fingerprint density at radius 2 is 1.69 bits per heavy atom. The van der Waals surface area contributed by atoms with Gasteiger partial charge < -0.3 is 9.88 Å². The Kier molecular flexibility index (Phi) is 5.38. The molecule has 4 rings (SSSR count). The number of aromatic nitrogens is 2. The molecule has 0 saturated heterocycles. The highest BCUT2D eigenvalue weighted by atomic mass is 19.1. The van der Waals surface area contributed by atoms with E-state index in [1.54, 1.807) is 0 Å². The third kappa shape index (κ3) is 4.04. The summed E-state index contributed by atoms with van der Waals surface area (Å²) in [6.07, 6.45) is 0.608. The van der Waals surface area contributed by atoms with E-state index in [-0.39, 0.29) is 17.8 Å². The largest absolute Gasteiger partial charge is 0.342 e. The second-order valence-corrected chi connectivity index (χ2v) is 6.93. The van der Waals surface area contributed by atoms with Crippen molar-refractivity contribution in [2.45, 2.75) is 25.9 Å². The third-order valence-electron chi connectivity index (χ3n) is 5.01. The Labute approximate surface area is 169 Å². The number of para-hydroxylation sites is 2. The van der Waals surface area contributed by atoms with Gasteiger partial charge in [-0.05, 0) is 55.3 Å². The van der Waals surface area contributed by atoms with Crippen LogP contribution in [0.4, 0.5) is 4.39 Å². The quantitative estimate of drug-likeness (QED) is 0.511. The number of imidazole rings is 1. The number of nitrogens with zero attached hydrogens (tertiary/aromatic N) is 2. The van der Waals surface area contributed by atoms with Gasteiger partial charge in [-0.1, -0.05) is 42.5 Å². The van der Waals surface area contributed by atoms with Crippen molar-refractivity contribution < 1.29 is 9.18 Å². The molecule has 1 atom stereocenters. The Morgan fingerprint density at radius 3 is 2.41 bits per heavy atom. The molecule has 0 unspecified atom stereocenters. The molecule has 1 heterocycles. The molecule has 0 fully saturated rings. The minimum Gasteiger partial charge on any atom is -0.342 e. The molecular formula is C24H22FN3O. The van der Waals surface area contributed by atoms with Gasteiger partial charge in [0.05, 0.1) is 17.1 Å². The number of carbonyl (C=O) groups excluding carboxylic acids is 1. The molecule has 0 aliphatic carbocycles. The highest BCUT2D eigenvalue weighted by Crippen LogP contribution is 2.24. The van der Waals surface area contributed by atoms with Crippen LogP contribution in [0.1, 0.15) is 34.7 Å². The summed E-state index contributed by atoms with van der Waals surface area (Å²) in [5.41, 5.74) is 3.47. The maximum Gasteiger partial charge on any atom is 0.251 e. The first kappa shape index (κ1) is 18.9. The lowest BCUT2D eigenvalue weighted by atomic mass is 10.0. The Bertz CT molecular complexity index is 1120. The first-order valence-corrected chi connectivity index (χ1v) is 9.71. The maximum atomic E-state index is 13.2. The van der Waals surface area contributed by atoms with Crippen LogP contribution in [0.2, 0.25) is 0 Å². The number of amides is 1. The zero-order valence-corrected chi connectivity index (χ0v) is 16.2. The van der Waals surface area contributed by atoms with E-state index >= 15 is 0 Å². The minimum atomic E-state index is -0.366. The van der Waals surface area contributed by atoms with Gasteiger partial charge >= 0.3 is 0 Å².